The molecule has 2 aliphatic heterocycles. The number of aromatic nitrogens is 1. The highest BCUT2D eigenvalue weighted by atomic mass is 127. The number of nitrogens with one attached hydrogen (secondary N) is 2. The Bertz CT molecular complexity index is 614. The van der Waals surface area contributed by atoms with Crippen LogP contribution in [0.5, 0.6) is 0 Å². The molecule has 0 aromatic carbocycles. The van der Waals surface area contributed by atoms with Crippen molar-refractivity contribution in [3.8, 4) is 0 Å². The fourth-order valence-corrected chi connectivity index (χ4v) is 3.57. The van der Waals surface area contributed by atoms with Crippen molar-refractivity contribution in [1.29, 1.82) is 0 Å². The summed E-state index contributed by atoms with van der Waals surface area (Å²) >= 11 is 0. The average Bonchev–Trinajstić information content (AvgIpc) is 2.71. The van der Waals surface area contributed by atoms with Crippen LogP contribution in [0.25, 0.3) is 0 Å². The van der Waals surface area contributed by atoms with Gasteiger partial charge in [0.2, 0.25) is 0 Å². The van der Waals surface area contributed by atoms with Crippen LogP contribution in [-0.2, 0) is 11.3 Å². The summed E-state index contributed by atoms with van der Waals surface area (Å²) in [5.74, 6) is 0.952. The predicted molar refractivity (Wildman–Crippen MR) is 125 cm³/mol. The van der Waals surface area contributed by atoms with Gasteiger partial charge in [-0.1, -0.05) is 17.7 Å². The van der Waals surface area contributed by atoms with Gasteiger partial charge >= 0.3 is 0 Å². The van der Waals surface area contributed by atoms with Gasteiger partial charge in [0, 0.05) is 45.0 Å². The molecular formula is C21H34IN5O. The molecule has 0 spiro atoms. The molecule has 2 N–H and O–H groups in total. The fourth-order valence-electron chi connectivity index (χ4n) is 3.57. The van der Waals surface area contributed by atoms with E-state index in [0.29, 0.717) is 6.04 Å². The van der Waals surface area contributed by atoms with E-state index in [-0.39, 0.29) is 24.0 Å². The van der Waals surface area contributed by atoms with E-state index in [1.807, 2.05) is 12.3 Å². The summed E-state index contributed by atoms with van der Waals surface area (Å²) in [6, 6.07) is 6.63. The number of rotatable bonds is 7. The van der Waals surface area contributed by atoms with Gasteiger partial charge < -0.3 is 15.4 Å². The molecule has 1 saturated heterocycles. The van der Waals surface area contributed by atoms with Crippen molar-refractivity contribution in [3.05, 3.63) is 41.7 Å². The molecule has 0 unspecified atom stereocenters. The molecule has 7 heteroatoms. The van der Waals surface area contributed by atoms with Gasteiger partial charge in [-0.15, -0.1) is 24.0 Å². The van der Waals surface area contributed by atoms with Crippen molar-refractivity contribution in [1.82, 2.24) is 20.5 Å². The zero-order chi connectivity index (χ0) is 18.7. The number of halogens is 1. The van der Waals surface area contributed by atoms with E-state index in [4.69, 9.17) is 9.73 Å². The maximum absolute atomic E-state index is 5.37. The number of hydrogen-bond donors (Lipinski definition) is 2. The Balaban J connectivity index is 0.00000280. The minimum absolute atomic E-state index is 0. The van der Waals surface area contributed by atoms with Crippen LogP contribution < -0.4 is 10.6 Å². The summed E-state index contributed by atoms with van der Waals surface area (Å²) < 4.78 is 5.37. The van der Waals surface area contributed by atoms with Gasteiger partial charge in [-0.25, -0.2) is 0 Å². The first-order valence-electron chi connectivity index (χ1n) is 10.3. The number of piperidine rings is 1. The van der Waals surface area contributed by atoms with Crippen molar-refractivity contribution < 1.29 is 4.74 Å². The standard InChI is InChI=1S/C21H33N5O.HI/c1-2-22-21(24-12-6-18-9-15-27-16-10-18)25-19-7-13-26(14-8-19)17-20-5-3-4-11-23-20;/h3-5,9,11,19H,2,6-8,10,12-17H2,1H3,(H2,22,24,25);1H. The van der Waals surface area contributed by atoms with Gasteiger partial charge in [0.05, 0.1) is 18.9 Å². The minimum atomic E-state index is 0. The Kier molecular flexibility index (Phi) is 10.8. The lowest BCUT2D eigenvalue weighted by Crippen LogP contribution is -2.48. The third kappa shape index (κ3) is 8.05. The number of hydrogen-bond acceptors (Lipinski definition) is 4. The van der Waals surface area contributed by atoms with E-state index in [9.17, 15) is 0 Å². The van der Waals surface area contributed by atoms with Gasteiger partial charge in [-0.05, 0) is 44.7 Å². The summed E-state index contributed by atoms with van der Waals surface area (Å²) in [6.45, 7) is 8.59. The SMILES string of the molecule is CCNC(=NCCC1=CCOCC1)NC1CCN(Cc2ccccn2)CC1.I. The molecule has 1 aromatic heterocycles. The predicted octanol–water partition coefficient (Wildman–Crippen LogP) is 2.96. The molecule has 2 aliphatic rings. The highest BCUT2D eigenvalue weighted by Crippen LogP contribution is 2.14. The van der Waals surface area contributed by atoms with Crippen molar-refractivity contribution in [2.24, 2.45) is 4.99 Å². The Hall–Kier alpha value is -1.19. The summed E-state index contributed by atoms with van der Waals surface area (Å²) in [7, 11) is 0. The molecule has 6 nitrogen and oxygen atoms in total. The molecule has 1 aromatic rings. The van der Waals surface area contributed by atoms with E-state index in [2.05, 4.69) is 45.6 Å². The topological polar surface area (TPSA) is 61.8 Å². The molecule has 3 heterocycles. The number of nitrogens with zero attached hydrogens (tertiary/aromatic N) is 3. The third-order valence-electron chi connectivity index (χ3n) is 5.14. The van der Waals surface area contributed by atoms with Crippen LogP contribution in [0.2, 0.25) is 0 Å². The largest absolute Gasteiger partial charge is 0.377 e. The maximum atomic E-state index is 5.37. The molecule has 1 fully saturated rings. The van der Waals surface area contributed by atoms with E-state index in [1.54, 1.807) is 0 Å². The summed E-state index contributed by atoms with van der Waals surface area (Å²) in [6.07, 6.45) is 8.44. The van der Waals surface area contributed by atoms with Crippen molar-refractivity contribution in [2.45, 2.75) is 45.2 Å². The molecule has 0 saturated carbocycles. The zero-order valence-corrected chi connectivity index (χ0v) is 19.2. The molecular weight excluding hydrogens is 465 g/mol. The molecule has 0 bridgehead atoms. The Morgan fingerprint density at radius 2 is 2.18 bits per heavy atom. The van der Waals surface area contributed by atoms with E-state index < -0.39 is 0 Å². The highest BCUT2D eigenvalue weighted by molar-refractivity contribution is 14.0. The van der Waals surface area contributed by atoms with E-state index >= 15 is 0 Å². The first kappa shape index (κ1) is 23.1. The number of ether oxygens (including phenoxy) is 1. The second-order valence-electron chi connectivity index (χ2n) is 7.21. The number of aliphatic imine (C=N–C) groups is 1. The quantitative estimate of drug-likeness (QED) is 0.262. The smallest absolute Gasteiger partial charge is 0.191 e. The Morgan fingerprint density at radius 3 is 2.86 bits per heavy atom. The van der Waals surface area contributed by atoms with Crippen LogP contribution in [0.4, 0.5) is 0 Å². The number of likely N-dealkylation sites (tertiary alicyclic amines) is 1. The molecule has 156 valence electrons. The Labute approximate surface area is 186 Å². The van der Waals surface area contributed by atoms with Crippen LogP contribution in [-0.4, -0.2) is 61.3 Å². The van der Waals surface area contributed by atoms with Crippen LogP contribution in [0.3, 0.4) is 0 Å². The van der Waals surface area contributed by atoms with E-state index in [1.165, 1.54) is 5.57 Å². The molecule has 0 amide bonds. The fraction of sp³-hybridized carbons (Fsp3) is 0.619. The summed E-state index contributed by atoms with van der Waals surface area (Å²) in [4.78, 5) is 11.7. The first-order chi connectivity index (χ1) is 13.3. The van der Waals surface area contributed by atoms with Crippen LogP contribution in [0.1, 0.15) is 38.3 Å². The van der Waals surface area contributed by atoms with Gasteiger partial charge in [-0.2, -0.15) is 0 Å². The number of guanidine groups is 1. The normalized spacial score (nSPS) is 18.9. The highest BCUT2D eigenvalue weighted by Gasteiger charge is 2.20. The molecule has 0 atom stereocenters. The monoisotopic (exact) mass is 499 g/mol. The number of pyridine rings is 1. The van der Waals surface area contributed by atoms with Gasteiger partial charge in [0.1, 0.15) is 0 Å². The van der Waals surface area contributed by atoms with Crippen LogP contribution >= 0.6 is 24.0 Å². The Morgan fingerprint density at radius 1 is 1.32 bits per heavy atom. The van der Waals surface area contributed by atoms with Gasteiger partial charge in [0.25, 0.3) is 0 Å². The minimum Gasteiger partial charge on any atom is -0.377 e. The lowest BCUT2D eigenvalue weighted by molar-refractivity contribution is 0.153. The summed E-state index contributed by atoms with van der Waals surface area (Å²) in [5, 5.41) is 7.02. The first-order valence-corrected chi connectivity index (χ1v) is 10.3. The second kappa shape index (κ2) is 13.1. The molecule has 3 rings (SSSR count). The van der Waals surface area contributed by atoms with Gasteiger partial charge in [-0.3, -0.25) is 14.9 Å². The third-order valence-corrected chi connectivity index (χ3v) is 5.14. The van der Waals surface area contributed by atoms with Gasteiger partial charge in [0.15, 0.2) is 5.96 Å². The zero-order valence-electron chi connectivity index (χ0n) is 16.9. The van der Waals surface area contributed by atoms with Crippen molar-refractivity contribution in [2.75, 3.05) is 39.4 Å². The summed E-state index contributed by atoms with van der Waals surface area (Å²) in [5.41, 5.74) is 2.63. The maximum Gasteiger partial charge on any atom is 0.191 e. The average molecular weight is 499 g/mol. The second-order valence-corrected chi connectivity index (χ2v) is 7.21. The lowest BCUT2D eigenvalue weighted by Gasteiger charge is -2.32. The molecule has 28 heavy (non-hydrogen) atoms. The van der Waals surface area contributed by atoms with Crippen LogP contribution in [0, 0.1) is 0 Å². The molecule has 0 aliphatic carbocycles. The van der Waals surface area contributed by atoms with E-state index in [0.717, 1.165) is 83.3 Å². The van der Waals surface area contributed by atoms with Crippen LogP contribution in [0.15, 0.2) is 41.0 Å². The van der Waals surface area contributed by atoms with Crippen molar-refractivity contribution >= 4 is 29.9 Å². The van der Waals surface area contributed by atoms with Crippen molar-refractivity contribution in [3.63, 3.8) is 0 Å². The lowest BCUT2D eigenvalue weighted by atomic mass is 10.0. The molecule has 0 radical (unpaired) electrons.